The second-order valence-electron chi connectivity index (χ2n) is 9.08. The van der Waals surface area contributed by atoms with Gasteiger partial charge in [-0.25, -0.2) is 0 Å². The van der Waals surface area contributed by atoms with E-state index in [0.717, 1.165) is 62.1 Å². The lowest BCUT2D eigenvalue weighted by Gasteiger charge is -2.19. The van der Waals surface area contributed by atoms with Crippen LogP contribution in [0.15, 0.2) is 29.1 Å². The van der Waals surface area contributed by atoms with Gasteiger partial charge in [0.1, 0.15) is 0 Å². The van der Waals surface area contributed by atoms with E-state index in [4.69, 9.17) is 5.73 Å². The van der Waals surface area contributed by atoms with Crippen LogP contribution in [0.25, 0.3) is 0 Å². The molecule has 6 heteroatoms. The zero-order valence-electron chi connectivity index (χ0n) is 23.5. The Bertz CT molecular complexity index is 849. The van der Waals surface area contributed by atoms with Crippen molar-refractivity contribution in [1.29, 1.82) is 0 Å². The molecule has 1 aromatic rings. The van der Waals surface area contributed by atoms with Gasteiger partial charge in [0, 0.05) is 61.7 Å². The van der Waals surface area contributed by atoms with Gasteiger partial charge in [-0.05, 0) is 58.7 Å². The van der Waals surface area contributed by atoms with Crippen molar-refractivity contribution in [1.82, 2.24) is 14.8 Å². The number of fused-ring (bicyclic) bond motifs is 1. The molecule has 1 aliphatic rings. The average molecular weight is 475 g/mol. The first-order valence-corrected chi connectivity index (χ1v) is 12.8. The molecule has 1 heterocycles. The Hall–Kier alpha value is -2.34. The number of aryl methyl sites for hydroxylation is 2. The second-order valence-corrected chi connectivity index (χ2v) is 9.08. The number of allylic oxidation sites excluding steroid dienone is 2. The maximum atomic E-state index is 11.7. The van der Waals surface area contributed by atoms with Gasteiger partial charge in [0.25, 0.3) is 0 Å². The lowest BCUT2D eigenvalue weighted by atomic mass is 9.87. The zero-order valence-corrected chi connectivity index (χ0v) is 23.5. The summed E-state index contributed by atoms with van der Waals surface area (Å²) in [4.78, 5) is 25.2. The molecule has 0 spiro atoms. The number of ketones is 1. The van der Waals surface area contributed by atoms with E-state index in [-0.39, 0.29) is 5.91 Å². The molecule has 0 saturated heterocycles. The third kappa shape index (κ3) is 10.3. The van der Waals surface area contributed by atoms with Crippen LogP contribution in [-0.2, 0) is 18.3 Å². The van der Waals surface area contributed by atoms with E-state index in [0.29, 0.717) is 17.3 Å². The minimum Gasteiger partial charge on any atom is -0.386 e. The summed E-state index contributed by atoms with van der Waals surface area (Å²) < 4.78 is 2.10. The number of nitrogens with zero attached hydrogens (tertiary/aromatic N) is 2. The highest BCUT2D eigenvalue weighted by Crippen LogP contribution is 2.28. The van der Waals surface area contributed by atoms with Crippen molar-refractivity contribution < 1.29 is 9.59 Å². The SMILES string of the molecule is CC.CC/C(C)=C\C/C(NCCN(C)CC)=C(\C)C(N)=O.Cc1cn(C)c2c1C(=O)CC(C)C2. The van der Waals surface area contributed by atoms with Crippen LogP contribution >= 0.6 is 0 Å². The molecular formula is C28H50N4O2. The van der Waals surface area contributed by atoms with E-state index in [1.165, 1.54) is 11.3 Å². The number of aromatic nitrogens is 1. The van der Waals surface area contributed by atoms with Gasteiger partial charge in [-0.15, -0.1) is 0 Å². The van der Waals surface area contributed by atoms with E-state index in [2.05, 4.69) is 61.8 Å². The van der Waals surface area contributed by atoms with Crippen molar-refractivity contribution in [3.63, 3.8) is 0 Å². The van der Waals surface area contributed by atoms with Crippen LogP contribution in [0.1, 0.15) is 89.3 Å². The standard InChI is InChI=1S/C15H29N3O.C11H15NO.C2H6/c1-6-12(3)8-9-14(13(4)15(16)19)17-10-11-18(5)7-2;1-7-4-9-11(10(13)5-7)8(2)6-12(9)3;1-2/h8,17H,6-7,9-11H2,1-5H3,(H2,16,19);6-7H,4-5H2,1-3H3;1-2H3/b12-8-,14-13-;;. The van der Waals surface area contributed by atoms with Gasteiger partial charge in [-0.2, -0.15) is 0 Å². The lowest BCUT2D eigenvalue weighted by Crippen LogP contribution is -2.30. The molecule has 0 aromatic carbocycles. The third-order valence-electron chi connectivity index (χ3n) is 6.26. The molecule has 34 heavy (non-hydrogen) atoms. The van der Waals surface area contributed by atoms with Crippen molar-refractivity contribution in [3.05, 3.63) is 45.9 Å². The van der Waals surface area contributed by atoms with Crippen LogP contribution in [0.2, 0.25) is 0 Å². The molecule has 1 aromatic heterocycles. The molecule has 6 nitrogen and oxygen atoms in total. The van der Waals surface area contributed by atoms with Crippen LogP contribution in [0.3, 0.4) is 0 Å². The summed E-state index contributed by atoms with van der Waals surface area (Å²) in [5.41, 5.74) is 11.6. The highest BCUT2D eigenvalue weighted by atomic mass is 16.1. The molecule has 0 fully saturated rings. The first-order chi connectivity index (χ1) is 16.0. The summed E-state index contributed by atoms with van der Waals surface area (Å²) in [6.07, 6.45) is 7.74. The normalized spacial score (nSPS) is 16.0. The molecule has 194 valence electrons. The Morgan fingerprint density at radius 2 is 1.88 bits per heavy atom. The number of Topliss-reactive ketones (excluding diaryl/α,β-unsaturated/α-hetero) is 1. The van der Waals surface area contributed by atoms with Crippen LogP contribution in [0, 0.1) is 12.8 Å². The fourth-order valence-electron chi connectivity index (χ4n) is 3.77. The number of carbonyl (C=O) groups is 2. The minimum absolute atomic E-state index is 0.326. The van der Waals surface area contributed by atoms with Gasteiger partial charge in [0.15, 0.2) is 5.78 Å². The molecule has 1 amide bonds. The van der Waals surface area contributed by atoms with Crippen molar-refractivity contribution in [2.45, 2.75) is 81.1 Å². The Morgan fingerprint density at radius 3 is 2.41 bits per heavy atom. The summed E-state index contributed by atoms with van der Waals surface area (Å²) in [5, 5.41) is 3.34. The first kappa shape index (κ1) is 31.7. The van der Waals surface area contributed by atoms with Crippen molar-refractivity contribution in [2.24, 2.45) is 18.7 Å². The summed E-state index contributed by atoms with van der Waals surface area (Å²) >= 11 is 0. The zero-order chi connectivity index (χ0) is 26.4. The smallest absolute Gasteiger partial charge is 0.246 e. The fraction of sp³-hybridized carbons (Fsp3) is 0.643. The van der Waals surface area contributed by atoms with Gasteiger partial charge in [0.2, 0.25) is 5.91 Å². The van der Waals surface area contributed by atoms with Crippen LogP contribution in [0.5, 0.6) is 0 Å². The predicted molar refractivity (Wildman–Crippen MR) is 145 cm³/mol. The van der Waals surface area contributed by atoms with Crippen LogP contribution in [-0.4, -0.2) is 47.8 Å². The molecule has 0 radical (unpaired) electrons. The summed E-state index contributed by atoms with van der Waals surface area (Å²) in [6, 6.07) is 0. The van der Waals surface area contributed by atoms with E-state index >= 15 is 0 Å². The van der Waals surface area contributed by atoms with E-state index in [9.17, 15) is 9.59 Å². The maximum absolute atomic E-state index is 11.7. The van der Waals surface area contributed by atoms with Crippen molar-refractivity contribution in [2.75, 3.05) is 26.7 Å². The average Bonchev–Trinajstić information content (AvgIpc) is 3.09. The quantitative estimate of drug-likeness (QED) is 0.383. The van der Waals surface area contributed by atoms with Gasteiger partial charge >= 0.3 is 0 Å². The van der Waals surface area contributed by atoms with Gasteiger partial charge in [0.05, 0.1) is 0 Å². The van der Waals surface area contributed by atoms with Gasteiger partial charge < -0.3 is 20.5 Å². The van der Waals surface area contributed by atoms with Crippen LogP contribution in [0.4, 0.5) is 0 Å². The molecule has 3 N–H and O–H groups in total. The number of hydrogen-bond donors (Lipinski definition) is 2. The number of rotatable bonds is 9. The Morgan fingerprint density at radius 1 is 1.26 bits per heavy atom. The molecule has 0 aliphatic heterocycles. The summed E-state index contributed by atoms with van der Waals surface area (Å²) in [5.74, 6) is 0.480. The van der Waals surface area contributed by atoms with E-state index in [1.807, 2.05) is 27.8 Å². The topological polar surface area (TPSA) is 80.4 Å². The highest BCUT2D eigenvalue weighted by Gasteiger charge is 2.26. The second kappa shape index (κ2) is 16.3. The number of carbonyl (C=O) groups excluding carboxylic acids is 2. The predicted octanol–water partition coefficient (Wildman–Crippen LogP) is 5.16. The van der Waals surface area contributed by atoms with Gasteiger partial charge in [-0.3, -0.25) is 9.59 Å². The Kier molecular flexibility index (Phi) is 15.2. The summed E-state index contributed by atoms with van der Waals surface area (Å²) in [7, 11) is 4.10. The molecule has 1 unspecified atom stereocenters. The summed E-state index contributed by atoms with van der Waals surface area (Å²) in [6.45, 7) is 19.1. The van der Waals surface area contributed by atoms with Crippen LogP contribution < -0.4 is 11.1 Å². The number of primary amides is 1. The largest absolute Gasteiger partial charge is 0.386 e. The minimum atomic E-state index is -0.353. The van der Waals surface area contributed by atoms with Crippen molar-refractivity contribution in [3.8, 4) is 0 Å². The number of nitrogens with two attached hydrogens (primary N) is 1. The monoisotopic (exact) mass is 474 g/mol. The van der Waals surface area contributed by atoms with Gasteiger partial charge in [-0.1, -0.05) is 46.3 Å². The maximum Gasteiger partial charge on any atom is 0.246 e. The first-order valence-electron chi connectivity index (χ1n) is 12.8. The molecule has 1 atom stereocenters. The van der Waals surface area contributed by atoms with E-state index < -0.39 is 0 Å². The Labute approximate surface area is 208 Å². The number of nitrogens with one attached hydrogen (secondary N) is 1. The lowest BCUT2D eigenvalue weighted by molar-refractivity contribution is -0.114. The molecule has 2 rings (SSSR count). The number of hydrogen-bond acceptors (Lipinski definition) is 4. The molecular weight excluding hydrogens is 424 g/mol. The number of likely N-dealkylation sites (N-methyl/N-ethyl adjacent to an activating group) is 1. The van der Waals surface area contributed by atoms with Crippen molar-refractivity contribution >= 4 is 11.7 Å². The number of amides is 1. The molecule has 1 aliphatic carbocycles. The third-order valence-corrected chi connectivity index (χ3v) is 6.26. The Balaban J connectivity index is 0.000000626. The molecule has 0 bridgehead atoms. The van der Waals surface area contributed by atoms with E-state index in [1.54, 1.807) is 6.92 Å². The highest BCUT2D eigenvalue weighted by molar-refractivity contribution is 5.99. The molecule has 0 saturated carbocycles. The fourth-order valence-corrected chi connectivity index (χ4v) is 3.77.